The first kappa shape index (κ1) is 18.8. The van der Waals surface area contributed by atoms with E-state index in [9.17, 15) is 4.79 Å². The molecule has 1 amide bonds. The quantitative estimate of drug-likeness (QED) is 0.795. The molecule has 25 heavy (non-hydrogen) atoms. The molecule has 0 radical (unpaired) electrons. The second-order valence-electron chi connectivity index (χ2n) is 6.22. The Bertz CT molecular complexity index is 687. The van der Waals surface area contributed by atoms with Crippen molar-refractivity contribution < 1.29 is 14.3 Å². The normalized spacial score (nSPS) is 11.9. The average molecular weight is 342 g/mol. The van der Waals surface area contributed by atoms with Crippen LogP contribution in [0.5, 0.6) is 11.5 Å². The van der Waals surface area contributed by atoms with E-state index in [0.29, 0.717) is 24.3 Å². The molecule has 1 heterocycles. The van der Waals surface area contributed by atoms with E-state index in [1.54, 1.807) is 19.5 Å². The molecule has 0 aliphatic carbocycles. The van der Waals surface area contributed by atoms with Crippen LogP contribution < -0.4 is 14.8 Å². The number of aromatic nitrogens is 1. The Labute approximate surface area is 149 Å². The van der Waals surface area contributed by atoms with Crippen LogP contribution in [0.1, 0.15) is 44.4 Å². The van der Waals surface area contributed by atoms with Gasteiger partial charge in [-0.05, 0) is 62.6 Å². The number of methoxy groups -OCH3 is 1. The fraction of sp³-hybridized carbons (Fsp3) is 0.400. The molecule has 0 aliphatic heterocycles. The van der Waals surface area contributed by atoms with Crippen LogP contribution in [0.3, 0.4) is 0 Å². The number of hydrogen-bond donors (Lipinski definition) is 1. The first-order valence-electron chi connectivity index (χ1n) is 8.52. The Kier molecular flexibility index (Phi) is 6.81. The molecule has 1 N–H and O–H groups in total. The fourth-order valence-electron chi connectivity index (χ4n) is 2.51. The van der Waals surface area contributed by atoms with Crippen molar-refractivity contribution in [3.05, 3.63) is 53.9 Å². The summed E-state index contributed by atoms with van der Waals surface area (Å²) in [5.74, 6) is 1.40. The first-order valence-corrected chi connectivity index (χ1v) is 8.52. The minimum absolute atomic E-state index is 0.0192. The van der Waals surface area contributed by atoms with E-state index in [-0.39, 0.29) is 18.1 Å². The zero-order valence-electron chi connectivity index (χ0n) is 15.3. The van der Waals surface area contributed by atoms with E-state index in [2.05, 4.69) is 10.3 Å². The summed E-state index contributed by atoms with van der Waals surface area (Å²) in [6.07, 6.45) is 4.70. The van der Waals surface area contributed by atoms with Crippen molar-refractivity contribution in [2.45, 2.75) is 45.8 Å². The third-order valence-corrected chi connectivity index (χ3v) is 3.82. The number of pyridine rings is 1. The molecule has 0 spiro atoms. The number of rotatable bonds is 8. The number of nitrogens with one attached hydrogen (secondary N) is 1. The van der Waals surface area contributed by atoms with E-state index in [1.807, 2.05) is 51.1 Å². The van der Waals surface area contributed by atoms with Gasteiger partial charge in [0.25, 0.3) is 0 Å². The van der Waals surface area contributed by atoms with Gasteiger partial charge in [0.2, 0.25) is 5.91 Å². The molecule has 5 heteroatoms. The maximum absolute atomic E-state index is 12.2. The van der Waals surface area contributed by atoms with Crippen molar-refractivity contribution in [1.29, 1.82) is 0 Å². The highest BCUT2D eigenvalue weighted by molar-refractivity contribution is 5.76. The van der Waals surface area contributed by atoms with Crippen molar-refractivity contribution in [3.8, 4) is 11.5 Å². The van der Waals surface area contributed by atoms with E-state index in [1.165, 1.54) is 0 Å². The second kappa shape index (κ2) is 9.06. The van der Waals surface area contributed by atoms with Gasteiger partial charge >= 0.3 is 0 Å². The van der Waals surface area contributed by atoms with Crippen LogP contribution >= 0.6 is 0 Å². The summed E-state index contributed by atoms with van der Waals surface area (Å²) in [6, 6.07) is 9.49. The number of benzene rings is 1. The highest BCUT2D eigenvalue weighted by atomic mass is 16.5. The van der Waals surface area contributed by atoms with Crippen LogP contribution in [0, 0.1) is 0 Å². The minimum Gasteiger partial charge on any atom is -0.493 e. The summed E-state index contributed by atoms with van der Waals surface area (Å²) in [6.45, 7) is 5.90. The summed E-state index contributed by atoms with van der Waals surface area (Å²) in [5.41, 5.74) is 2.08. The number of hydrogen-bond acceptors (Lipinski definition) is 4. The number of carbonyl (C=O) groups excluding carboxylic acids is 1. The number of ether oxygens (including phenoxy) is 2. The maximum Gasteiger partial charge on any atom is 0.220 e. The SMILES string of the molecule is COc1cc([C@H](C)NC(=O)CCc2ccncc2)ccc1OC(C)C. The zero-order valence-corrected chi connectivity index (χ0v) is 15.3. The number of aryl methyl sites for hydroxylation is 1. The van der Waals surface area contributed by atoms with Crippen molar-refractivity contribution in [1.82, 2.24) is 10.3 Å². The number of nitrogens with zero attached hydrogens (tertiary/aromatic N) is 1. The van der Waals surface area contributed by atoms with Gasteiger partial charge in [-0.15, -0.1) is 0 Å². The molecule has 0 unspecified atom stereocenters. The molecule has 1 atom stereocenters. The summed E-state index contributed by atoms with van der Waals surface area (Å²) in [5, 5.41) is 3.03. The predicted molar refractivity (Wildman–Crippen MR) is 97.9 cm³/mol. The van der Waals surface area contributed by atoms with Gasteiger partial charge in [0.1, 0.15) is 0 Å². The van der Waals surface area contributed by atoms with Gasteiger partial charge in [-0.2, -0.15) is 0 Å². The van der Waals surface area contributed by atoms with Crippen LogP contribution in [0.25, 0.3) is 0 Å². The average Bonchev–Trinajstić information content (AvgIpc) is 2.60. The Balaban J connectivity index is 1.95. The zero-order chi connectivity index (χ0) is 18.2. The third-order valence-electron chi connectivity index (χ3n) is 3.82. The molecular formula is C20H26N2O3. The topological polar surface area (TPSA) is 60.5 Å². The molecule has 0 aliphatic rings. The molecule has 1 aromatic heterocycles. The fourth-order valence-corrected chi connectivity index (χ4v) is 2.51. The van der Waals surface area contributed by atoms with Gasteiger partial charge in [0, 0.05) is 18.8 Å². The molecule has 0 saturated carbocycles. The molecule has 134 valence electrons. The highest BCUT2D eigenvalue weighted by Crippen LogP contribution is 2.31. The Morgan fingerprint density at radius 1 is 1.12 bits per heavy atom. The molecule has 2 aromatic rings. The Morgan fingerprint density at radius 3 is 2.48 bits per heavy atom. The monoisotopic (exact) mass is 342 g/mol. The van der Waals surface area contributed by atoms with Crippen LogP contribution in [0.15, 0.2) is 42.7 Å². The molecule has 2 rings (SSSR count). The van der Waals surface area contributed by atoms with E-state index in [4.69, 9.17) is 9.47 Å². The van der Waals surface area contributed by atoms with Gasteiger partial charge < -0.3 is 14.8 Å². The summed E-state index contributed by atoms with van der Waals surface area (Å²) in [7, 11) is 1.62. The second-order valence-corrected chi connectivity index (χ2v) is 6.22. The van der Waals surface area contributed by atoms with Crippen molar-refractivity contribution in [2.75, 3.05) is 7.11 Å². The van der Waals surface area contributed by atoms with Gasteiger partial charge in [-0.25, -0.2) is 0 Å². The summed E-state index contributed by atoms with van der Waals surface area (Å²) < 4.78 is 11.1. The molecule has 5 nitrogen and oxygen atoms in total. The van der Waals surface area contributed by atoms with Crippen LogP contribution in [-0.2, 0) is 11.2 Å². The summed E-state index contributed by atoms with van der Waals surface area (Å²) in [4.78, 5) is 16.2. The Morgan fingerprint density at radius 2 is 1.84 bits per heavy atom. The van der Waals surface area contributed by atoms with E-state index < -0.39 is 0 Å². The summed E-state index contributed by atoms with van der Waals surface area (Å²) >= 11 is 0. The van der Waals surface area contributed by atoms with Crippen LogP contribution in [0.4, 0.5) is 0 Å². The van der Waals surface area contributed by atoms with Crippen molar-refractivity contribution in [3.63, 3.8) is 0 Å². The van der Waals surface area contributed by atoms with Gasteiger partial charge in [0.05, 0.1) is 19.3 Å². The van der Waals surface area contributed by atoms with E-state index in [0.717, 1.165) is 11.1 Å². The van der Waals surface area contributed by atoms with Crippen LogP contribution in [0.2, 0.25) is 0 Å². The third kappa shape index (κ3) is 5.78. The van der Waals surface area contributed by atoms with Gasteiger partial charge in [0.15, 0.2) is 11.5 Å². The lowest BCUT2D eigenvalue weighted by molar-refractivity contribution is -0.121. The molecule has 0 saturated heterocycles. The van der Waals surface area contributed by atoms with Crippen molar-refractivity contribution in [2.24, 2.45) is 0 Å². The number of carbonyl (C=O) groups is 1. The largest absolute Gasteiger partial charge is 0.493 e. The maximum atomic E-state index is 12.2. The lowest BCUT2D eigenvalue weighted by Gasteiger charge is -2.18. The molecule has 0 fully saturated rings. The first-order chi connectivity index (χ1) is 12.0. The molecule has 0 bridgehead atoms. The predicted octanol–water partition coefficient (Wildman–Crippen LogP) is 3.69. The van der Waals surface area contributed by atoms with Crippen LogP contribution in [-0.4, -0.2) is 24.1 Å². The lowest BCUT2D eigenvalue weighted by atomic mass is 10.1. The smallest absolute Gasteiger partial charge is 0.220 e. The number of amides is 1. The van der Waals surface area contributed by atoms with Crippen molar-refractivity contribution >= 4 is 5.91 Å². The van der Waals surface area contributed by atoms with Gasteiger partial charge in [-0.3, -0.25) is 9.78 Å². The van der Waals surface area contributed by atoms with E-state index >= 15 is 0 Å². The lowest BCUT2D eigenvalue weighted by Crippen LogP contribution is -2.26. The minimum atomic E-state index is -0.105. The Hall–Kier alpha value is -2.56. The highest BCUT2D eigenvalue weighted by Gasteiger charge is 2.13. The molecule has 1 aromatic carbocycles. The van der Waals surface area contributed by atoms with Gasteiger partial charge in [-0.1, -0.05) is 6.07 Å². The standard InChI is InChI=1S/C20H26N2O3/c1-14(2)25-18-7-6-17(13-19(18)24-4)15(3)22-20(23)8-5-16-9-11-21-12-10-16/h6-7,9-15H,5,8H2,1-4H3,(H,22,23)/t15-/m0/s1. The molecular weight excluding hydrogens is 316 g/mol.